The molecule has 0 unspecified atom stereocenters. The Hall–Kier alpha value is -1.53. The lowest BCUT2D eigenvalue weighted by Crippen LogP contribution is -2.43. The Bertz CT molecular complexity index is 411. The van der Waals surface area contributed by atoms with E-state index in [0.717, 1.165) is 5.69 Å². The van der Waals surface area contributed by atoms with Gasteiger partial charge in [0, 0.05) is 12.7 Å². The molecule has 17 heavy (non-hydrogen) atoms. The molecule has 2 heterocycles. The van der Waals surface area contributed by atoms with Gasteiger partial charge in [-0.1, -0.05) is 0 Å². The maximum atomic E-state index is 11.4. The molecule has 1 aromatic heterocycles. The first-order valence-corrected chi connectivity index (χ1v) is 5.50. The lowest BCUT2D eigenvalue weighted by molar-refractivity contribution is -0.142. The number of carbonyl (C=O) groups excluding carboxylic acids is 1. The molecule has 0 bridgehead atoms. The SMILES string of the molecule is Cc1nccc([C@H]2CN(C(=O)CO)CCO2)n1. The first-order valence-electron chi connectivity index (χ1n) is 5.50. The fourth-order valence-corrected chi connectivity index (χ4v) is 1.81. The molecule has 1 atom stereocenters. The van der Waals surface area contributed by atoms with Crippen LogP contribution >= 0.6 is 0 Å². The van der Waals surface area contributed by atoms with Crippen molar-refractivity contribution in [2.24, 2.45) is 0 Å². The second-order valence-corrected chi connectivity index (χ2v) is 3.89. The summed E-state index contributed by atoms with van der Waals surface area (Å²) in [5.74, 6) is 0.404. The van der Waals surface area contributed by atoms with Gasteiger partial charge >= 0.3 is 0 Å². The van der Waals surface area contributed by atoms with Crippen molar-refractivity contribution in [3.8, 4) is 0 Å². The minimum absolute atomic E-state index is 0.235. The summed E-state index contributed by atoms with van der Waals surface area (Å²) < 4.78 is 5.58. The van der Waals surface area contributed by atoms with E-state index in [0.29, 0.717) is 25.5 Å². The molecule has 1 amide bonds. The van der Waals surface area contributed by atoms with Gasteiger partial charge in [-0.05, 0) is 13.0 Å². The van der Waals surface area contributed by atoms with Crippen LogP contribution in [0, 0.1) is 6.92 Å². The monoisotopic (exact) mass is 237 g/mol. The highest BCUT2D eigenvalue weighted by molar-refractivity contribution is 5.77. The fraction of sp³-hybridized carbons (Fsp3) is 0.545. The maximum Gasteiger partial charge on any atom is 0.248 e. The van der Waals surface area contributed by atoms with E-state index in [1.807, 2.05) is 6.92 Å². The Kier molecular flexibility index (Phi) is 3.65. The first-order chi connectivity index (χ1) is 8.20. The Morgan fingerprint density at radius 2 is 2.53 bits per heavy atom. The number of carbonyl (C=O) groups is 1. The smallest absolute Gasteiger partial charge is 0.248 e. The number of ether oxygens (including phenoxy) is 1. The zero-order valence-corrected chi connectivity index (χ0v) is 9.67. The fourth-order valence-electron chi connectivity index (χ4n) is 1.81. The van der Waals surface area contributed by atoms with Gasteiger partial charge in [-0.15, -0.1) is 0 Å². The van der Waals surface area contributed by atoms with E-state index in [4.69, 9.17) is 9.84 Å². The lowest BCUT2D eigenvalue weighted by atomic mass is 10.2. The number of aliphatic hydroxyl groups is 1. The van der Waals surface area contributed by atoms with Crippen LogP contribution in [0.2, 0.25) is 0 Å². The highest BCUT2D eigenvalue weighted by Crippen LogP contribution is 2.20. The van der Waals surface area contributed by atoms with Crippen LogP contribution in [0.25, 0.3) is 0 Å². The third-order valence-electron chi connectivity index (χ3n) is 2.68. The standard InChI is InChI=1S/C11H15N3O3/c1-8-12-3-2-9(13-8)10-6-14(4-5-17-10)11(16)7-15/h2-3,10,15H,4-7H2,1H3/t10-/m1/s1. The van der Waals surface area contributed by atoms with Crippen LogP contribution in [0.1, 0.15) is 17.6 Å². The maximum absolute atomic E-state index is 11.4. The normalized spacial score (nSPS) is 20.4. The van der Waals surface area contributed by atoms with Crippen molar-refractivity contribution in [3.05, 3.63) is 23.8 Å². The predicted molar refractivity (Wildman–Crippen MR) is 59.1 cm³/mol. The molecule has 6 nitrogen and oxygen atoms in total. The van der Waals surface area contributed by atoms with Crippen LogP contribution in [0.4, 0.5) is 0 Å². The van der Waals surface area contributed by atoms with Gasteiger partial charge in [0.2, 0.25) is 5.91 Å². The summed E-state index contributed by atoms with van der Waals surface area (Å²) in [5, 5.41) is 8.83. The average molecular weight is 237 g/mol. The molecule has 2 rings (SSSR count). The van der Waals surface area contributed by atoms with Gasteiger partial charge in [-0.2, -0.15) is 0 Å². The number of hydrogen-bond donors (Lipinski definition) is 1. The van der Waals surface area contributed by atoms with Crippen LogP contribution in [0.15, 0.2) is 12.3 Å². The molecule has 1 aliphatic rings. The van der Waals surface area contributed by atoms with Crippen molar-refractivity contribution >= 4 is 5.91 Å². The summed E-state index contributed by atoms with van der Waals surface area (Å²) in [4.78, 5) is 21.3. The highest BCUT2D eigenvalue weighted by atomic mass is 16.5. The van der Waals surface area contributed by atoms with Crippen molar-refractivity contribution in [2.75, 3.05) is 26.3 Å². The van der Waals surface area contributed by atoms with Gasteiger partial charge in [0.05, 0.1) is 18.8 Å². The quantitative estimate of drug-likeness (QED) is 0.762. The molecule has 6 heteroatoms. The summed E-state index contributed by atoms with van der Waals surface area (Å²) in [7, 11) is 0. The van der Waals surface area contributed by atoms with Crippen molar-refractivity contribution in [3.63, 3.8) is 0 Å². The number of aliphatic hydroxyl groups excluding tert-OH is 1. The molecule has 1 aliphatic heterocycles. The Morgan fingerprint density at radius 1 is 1.71 bits per heavy atom. The van der Waals surface area contributed by atoms with Gasteiger partial charge in [0.25, 0.3) is 0 Å². The Morgan fingerprint density at radius 3 is 3.24 bits per heavy atom. The molecule has 92 valence electrons. The summed E-state index contributed by atoms with van der Waals surface area (Å²) in [6, 6.07) is 1.78. The second kappa shape index (κ2) is 5.20. The molecule has 1 N–H and O–H groups in total. The molecule has 1 fully saturated rings. The molecule has 0 saturated carbocycles. The lowest BCUT2D eigenvalue weighted by Gasteiger charge is -2.32. The minimum atomic E-state index is -0.463. The number of hydrogen-bond acceptors (Lipinski definition) is 5. The van der Waals surface area contributed by atoms with Crippen LogP contribution in [-0.4, -0.2) is 52.2 Å². The van der Waals surface area contributed by atoms with Gasteiger partial charge in [-0.25, -0.2) is 9.97 Å². The molecular formula is C11H15N3O3. The number of morpholine rings is 1. The number of aryl methyl sites for hydroxylation is 1. The largest absolute Gasteiger partial charge is 0.387 e. The van der Waals surface area contributed by atoms with E-state index >= 15 is 0 Å². The number of aromatic nitrogens is 2. The minimum Gasteiger partial charge on any atom is -0.387 e. The zero-order valence-electron chi connectivity index (χ0n) is 9.67. The molecule has 1 saturated heterocycles. The van der Waals surface area contributed by atoms with E-state index < -0.39 is 6.61 Å². The van der Waals surface area contributed by atoms with Gasteiger partial charge in [0.15, 0.2) is 0 Å². The van der Waals surface area contributed by atoms with Crippen molar-refractivity contribution in [2.45, 2.75) is 13.0 Å². The van der Waals surface area contributed by atoms with E-state index in [2.05, 4.69) is 9.97 Å². The third kappa shape index (κ3) is 2.78. The molecule has 0 spiro atoms. The number of nitrogens with zero attached hydrogens (tertiary/aromatic N) is 3. The third-order valence-corrected chi connectivity index (χ3v) is 2.68. The van der Waals surface area contributed by atoms with E-state index in [9.17, 15) is 4.79 Å². The summed E-state index contributed by atoms with van der Waals surface area (Å²) in [5.41, 5.74) is 0.771. The molecule has 0 radical (unpaired) electrons. The predicted octanol–water partition coefficient (Wildman–Crippen LogP) is -0.323. The van der Waals surface area contributed by atoms with Crippen molar-refractivity contribution in [1.82, 2.24) is 14.9 Å². The van der Waals surface area contributed by atoms with Crippen LogP contribution in [-0.2, 0) is 9.53 Å². The number of amides is 1. The summed E-state index contributed by atoms with van der Waals surface area (Å²) in [6.07, 6.45) is 1.44. The molecule has 0 aromatic carbocycles. The first kappa shape index (κ1) is 11.9. The highest BCUT2D eigenvalue weighted by Gasteiger charge is 2.25. The zero-order chi connectivity index (χ0) is 12.3. The van der Waals surface area contributed by atoms with Gasteiger partial charge in [-0.3, -0.25) is 4.79 Å². The van der Waals surface area contributed by atoms with Crippen molar-refractivity contribution in [1.29, 1.82) is 0 Å². The average Bonchev–Trinajstić information content (AvgIpc) is 2.38. The van der Waals surface area contributed by atoms with Gasteiger partial charge < -0.3 is 14.7 Å². The topological polar surface area (TPSA) is 75.6 Å². The molecule has 0 aliphatic carbocycles. The second-order valence-electron chi connectivity index (χ2n) is 3.89. The van der Waals surface area contributed by atoms with E-state index in [-0.39, 0.29) is 12.0 Å². The van der Waals surface area contributed by atoms with Crippen molar-refractivity contribution < 1.29 is 14.6 Å². The van der Waals surface area contributed by atoms with Crippen LogP contribution in [0.5, 0.6) is 0 Å². The van der Waals surface area contributed by atoms with Gasteiger partial charge in [0.1, 0.15) is 18.5 Å². The van der Waals surface area contributed by atoms with E-state index in [1.54, 1.807) is 17.2 Å². The number of rotatable bonds is 2. The molecular weight excluding hydrogens is 222 g/mol. The Balaban J connectivity index is 2.09. The van der Waals surface area contributed by atoms with Crippen LogP contribution < -0.4 is 0 Å². The van der Waals surface area contributed by atoms with Crippen LogP contribution in [0.3, 0.4) is 0 Å². The van der Waals surface area contributed by atoms with E-state index in [1.165, 1.54) is 0 Å². The summed E-state index contributed by atoms with van der Waals surface area (Å²) >= 11 is 0. The molecule has 1 aromatic rings. The Labute approximate surface area is 99.2 Å². The summed E-state index contributed by atoms with van der Waals surface area (Å²) in [6.45, 7) is 2.74.